The number of nitrogens with two attached hydrogens (primary N) is 1. The molecule has 4 heteroatoms. The molecule has 1 saturated carbocycles. The van der Waals surface area contributed by atoms with E-state index >= 15 is 0 Å². The second kappa shape index (κ2) is 4.10. The molecule has 2 N–H and O–H groups in total. The second-order valence-corrected chi connectivity index (χ2v) is 4.46. The Bertz CT molecular complexity index is 542. The zero-order valence-electron chi connectivity index (χ0n) is 10.0. The minimum atomic E-state index is -0.677. The van der Waals surface area contributed by atoms with E-state index in [9.17, 15) is 4.79 Å². The predicted molar refractivity (Wildman–Crippen MR) is 65.0 cm³/mol. The van der Waals surface area contributed by atoms with Gasteiger partial charge in [0, 0.05) is 17.4 Å². The topological polar surface area (TPSA) is 71.8 Å². The number of primary amides is 1. The molecule has 4 nitrogen and oxygen atoms in total. The molecule has 0 unspecified atom stereocenters. The molecule has 0 saturated heterocycles. The van der Waals surface area contributed by atoms with E-state index < -0.39 is 5.91 Å². The van der Waals surface area contributed by atoms with Crippen molar-refractivity contribution in [2.45, 2.75) is 32.7 Å². The van der Waals surface area contributed by atoms with Crippen molar-refractivity contribution in [1.29, 1.82) is 5.26 Å². The average molecular weight is 229 g/mol. The summed E-state index contributed by atoms with van der Waals surface area (Å²) in [5.41, 5.74) is 8.29. The summed E-state index contributed by atoms with van der Waals surface area (Å²) >= 11 is 0. The van der Waals surface area contributed by atoms with Crippen molar-refractivity contribution in [3.63, 3.8) is 0 Å². The summed E-state index contributed by atoms with van der Waals surface area (Å²) in [6.07, 6.45) is 3.99. The first kappa shape index (κ1) is 11.5. The van der Waals surface area contributed by atoms with Crippen LogP contribution in [0, 0.1) is 25.2 Å². The molecular formula is C13H15N3O. The van der Waals surface area contributed by atoms with Gasteiger partial charge in [0.25, 0.3) is 5.91 Å². The molecule has 17 heavy (non-hydrogen) atoms. The summed E-state index contributed by atoms with van der Waals surface area (Å²) in [5.74, 6) is -0.677. The van der Waals surface area contributed by atoms with Gasteiger partial charge in [0.15, 0.2) is 0 Å². The fraction of sp³-hybridized carbons (Fsp3) is 0.385. The average Bonchev–Trinajstić information content (AvgIpc) is 3.04. The van der Waals surface area contributed by atoms with Gasteiger partial charge in [-0.05, 0) is 44.4 Å². The smallest absolute Gasteiger partial charge is 0.259 e. The Morgan fingerprint density at radius 1 is 1.59 bits per heavy atom. The number of carbonyl (C=O) groups is 1. The molecule has 0 bridgehead atoms. The highest BCUT2D eigenvalue weighted by molar-refractivity contribution is 6.00. The normalized spacial score (nSPS) is 15.7. The van der Waals surface area contributed by atoms with Crippen molar-refractivity contribution in [2.75, 3.05) is 0 Å². The first-order chi connectivity index (χ1) is 8.04. The van der Waals surface area contributed by atoms with Crippen LogP contribution in [0.4, 0.5) is 0 Å². The monoisotopic (exact) mass is 229 g/mol. The van der Waals surface area contributed by atoms with E-state index in [0.717, 1.165) is 17.0 Å². The molecule has 88 valence electrons. The van der Waals surface area contributed by atoms with E-state index in [2.05, 4.69) is 4.57 Å². The van der Waals surface area contributed by atoms with E-state index in [-0.39, 0.29) is 5.57 Å². The molecule has 1 aliphatic rings. The SMILES string of the molecule is Cc1cc(C=C(C#N)C(N)=O)c(C)n1C1CC1. The summed E-state index contributed by atoms with van der Waals surface area (Å²) in [6.45, 7) is 4.05. The highest BCUT2D eigenvalue weighted by atomic mass is 16.1. The van der Waals surface area contributed by atoms with Crippen LogP contribution in [0.25, 0.3) is 6.08 Å². The number of aryl methyl sites for hydroxylation is 1. The predicted octanol–water partition coefficient (Wildman–Crippen LogP) is 1.83. The van der Waals surface area contributed by atoms with E-state index in [1.165, 1.54) is 12.8 Å². The summed E-state index contributed by atoms with van der Waals surface area (Å²) in [6, 6.07) is 4.42. The van der Waals surface area contributed by atoms with E-state index in [1.54, 1.807) is 6.08 Å². The zero-order chi connectivity index (χ0) is 12.6. The minimum absolute atomic E-state index is 0.000969. The molecule has 1 amide bonds. The molecule has 0 atom stereocenters. The lowest BCUT2D eigenvalue weighted by Gasteiger charge is -2.06. The molecule has 1 aliphatic carbocycles. The van der Waals surface area contributed by atoms with Crippen LogP contribution in [-0.4, -0.2) is 10.5 Å². The summed E-state index contributed by atoms with van der Waals surface area (Å²) in [5, 5.41) is 8.82. The Kier molecular flexibility index (Phi) is 2.76. The molecule has 0 aliphatic heterocycles. The maximum atomic E-state index is 11.0. The fourth-order valence-electron chi connectivity index (χ4n) is 2.16. The van der Waals surface area contributed by atoms with Crippen molar-refractivity contribution in [3.8, 4) is 6.07 Å². The molecule has 0 spiro atoms. The van der Waals surface area contributed by atoms with Gasteiger partial charge in [-0.3, -0.25) is 4.79 Å². The lowest BCUT2D eigenvalue weighted by Crippen LogP contribution is -2.12. The highest BCUT2D eigenvalue weighted by Crippen LogP contribution is 2.38. The maximum Gasteiger partial charge on any atom is 0.259 e. The molecule has 0 aromatic carbocycles. The van der Waals surface area contributed by atoms with Gasteiger partial charge in [-0.1, -0.05) is 0 Å². The van der Waals surface area contributed by atoms with Crippen LogP contribution < -0.4 is 5.73 Å². The van der Waals surface area contributed by atoms with Crippen LogP contribution in [0.3, 0.4) is 0 Å². The number of amides is 1. The minimum Gasteiger partial charge on any atom is -0.365 e. The zero-order valence-corrected chi connectivity index (χ0v) is 10.0. The van der Waals surface area contributed by atoms with Crippen LogP contribution in [0.5, 0.6) is 0 Å². The molecule has 1 fully saturated rings. The van der Waals surface area contributed by atoms with Crippen LogP contribution in [0.2, 0.25) is 0 Å². The first-order valence-corrected chi connectivity index (χ1v) is 5.64. The highest BCUT2D eigenvalue weighted by Gasteiger charge is 2.26. The van der Waals surface area contributed by atoms with Gasteiger partial charge in [-0.2, -0.15) is 5.26 Å². The number of hydrogen-bond donors (Lipinski definition) is 1. The Balaban J connectivity index is 2.44. The number of aromatic nitrogens is 1. The Morgan fingerprint density at radius 3 is 2.71 bits per heavy atom. The Hall–Kier alpha value is -2.02. The molecular weight excluding hydrogens is 214 g/mol. The molecule has 1 aromatic heterocycles. The standard InChI is InChI=1S/C13H15N3O/c1-8-5-10(6-11(7-14)13(15)17)9(2)16(8)12-3-4-12/h5-6,12H,3-4H2,1-2H3,(H2,15,17). The van der Waals surface area contributed by atoms with Crippen LogP contribution in [0.1, 0.15) is 35.8 Å². The van der Waals surface area contributed by atoms with Gasteiger partial charge < -0.3 is 10.3 Å². The number of nitriles is 1. The largest absolute Gasteiger partial charge is 0.365 e. The quantitative estimate of drug-likeness (QED) is 0.634. The fourth-order valence-corrected chi connectivity index (χ4v) is 2.16. The van der Waals surface area contributed by atoms with Crippen LogP contribution in [0.15, 0.2) is 11.6 Å². The van der Waals surface area contributed by atoms with Gasteiger partial charge in [-0.15, -0.1) is 0 Å². The third-order valence-corrected chi connectivity index (χ3v) is 3.12. The Morgan fingerprint density at radius 2 is 2.24 bits per heavy atom. The van der Waals surface area contributed by atoms with Gasteiger partial charge in [0.1, 0.15) is 11.6 Å². The van der Waals surface area contributed by atoms with Crippen molar-refractivity contribution in [2.24, 2.45) is 5.73 Å². The molecule has 0 radical (unpaired) electrons. The lowest BCUT2D eigenvalue weighted by atomic mass is 10.1. The van der Waals surface area contributed by atoms with E-state index in [1.807, 2.05) is 26.0 Å². The van der Waals surface area contributed by atoms with Crippen molar-refractivity contribution in [3.05, 3.63) is 28.6 Å². The van der Waals surface area contributed by atoms with E-state index in [0.29, 0.717) is 6.04 Å². The summed E-state index contributed by atoms with van der Waals surface area (Å²) in [4.78, 5) is 11.0. The van der Waals surface area contributed by atoms with Gasteiger partial charge in [-0.25, -0.2) is 0 Å². The molecule has 1 aromatic rings. The molecule has 1 heterocycles. The van der Waals surface area contributed by atoms with E-state index in [4.69, 9.17) is 11.0 Å². The van der Waals surface area contributed by atoms with Gasteiger partial charge >= 0.3 is 0 Å². The van der Waals surface area contributed by atoms with Crippen molar-refractivity contribution in [1.82, 2.24) is 4.57 Å². The summed E-state index contributed by atoms with van der Waals surface area (Å²) < 4.78 is 2.27. The van der Waals surface area contributed by atoms with Crippen LogP contribution in [-0.2, 0) is 4.79 Å². The summed E-state index contributed by atoms with van der Waals surface area (Å²) in [7, 11) is 0. The number of hydrogen-bond acceptors (Lipinski definition) is 2. The van der Waals surface area contributed by atoms with Crippen molar-refractivity contribution >= 4 is 12.0 Å². The van der Waals surface area contributed by atoms with Gasteiger partial charge in [0.2, 0.25) is 0 Å². The van der Waals surface area contributed by atoms with Crippen molar-refractivity contribution < 1.29 is 4.79 Å². The van der Waals surface area contributed by atoms with Gasteiger partial charge in [0.05, 0.1) is 0 Å². The number of nitrogens with zero attached hydrogens (tertiary/aromatic N) is 2. The molecule has 2 rings (SSSR count). The lowest BCUT2D eigenvalue weighted by molar-refractivity contribution is -0.114. The second-order valence-electron chi connectivity index (χ2n) is 4.46. The number of rotatable bonds is 3. The maximum absolute atomic E-state index is 11.0. The Labute approximate surface area is 100 Å². The third-order valence-electron chi connectivity index (χ3n) is 3.12. The first-order valence-electron chi connectivity index (χ1n) is 5.64. The number of carbonyl (C=O) groups excluding carboxylic acids is 1. The van der Waals surface area contributed by atoms with Crippen LogP contribution >= 0.6 is 0 Å². The third kappa shape index (κ3) is 2.09.